The summed E-state index contributed by atoms with van der Waals surface area (Å²) < 4.78 is 7.67. The number of anilines is 1. The van der Waals surface area contributed by atoms with Crippen LogP contribution in [0.25, 0.3) is 11.0 Å². The molecule has 1 aromatic carbocycles. The minimum atomic E-state index is 0.563. The summed E-state index contributed by atoms with van der Waals surface area (Å²) in [5.41, 5.74) is 9.22. The van der Waals surface area contributed by atoms with Gasteiger partial charge in [-0.15, -0.1) is 0 Å². The van der Waals surface area contributed by atoms with Crippen molar-refractivity contribution in [3.8, 4) is 0 Å². The zero-order valence-electron chi connectivity index (χ0n) is 12.0. The number of ether oxygens (including phenoxy) is 1. The second kappa shape index (κ2) is 6.06. The summed E-state index contributed by atoms with van der Waals surface area (Å²) in [5, 5.41) is 0. The van der Waals surface area contributed by atoms with Crippen molar-refractivity contribution in [3.63, 3.8) is 0 Å². The first-order chi connectivity index (χ1) is 9.08. The molecule has 0 amide bonds. The van der Waals surface area contributed by atoms with Gasteiger partial charge in [0.2, 0.25) is 5.95 Å². The van der Waals surface area contributed by atoms with Crippen LogP contribution >= 0.6 is 0 Å². The molecule has 0 bridgehead atoms. The van der Waals surface area contributed by atoms with E-state index >= 15 is 0 Å². The molecule has 0 aliphatic carbocycles. The minimum Gasteiger partial charge on any atom is -0.380 e. The lowest BCUT2D eigenvalue weighted by Gasteiger charge is -2.09. The number of nitrogen functional groups attached to an aromatic ring is 1. The number of imidazole rings is 1. The Morgan fingerprint density at radius 3 is 2.84 bits per heavy atom. The zero-order valence-corrected chi connectivity index (χ0v) is 12.0. The van der Waals surface area contributed by atoms with E-state index in [1.807, 2.05) is 10.6 Å². The van der Waals surface area contributed by atoms with E-state index in [9.17, 15) is 0 Å². The second-order valence-electron chi connectivity index (χ2n) is 5.41. The Kier molecular flexibility index (Phi) is 4.43. The van der Waals surface area contributed by atoms with Crippen molar-refractivity contribution in [2.45, 2.75) is 33.7 Å². The molecule has 0 saturated heterocycles. The topological polar surface area (TPSA) is 53.1 Å². The lowest BCUT2D eigenvalue weighted by atomic mass is 10.1. The Labute approximate surface area is 114 Å². The van der Waals surface area contributed by atoms with Crippen LogP contribution in [0.15, 0.2) is 18.2 Å². The maximum Gasteiger partial charge on any atom is 0.201 e. The lowest BCUT2D eigenvalue weighted by molar-refractivity contribution is 0.117. The molecule has 0 fully saturated rings. The summed E-state index contributed by atoms with van der Waals surface area (Å²) in [6, 6.07) is 6.18. The van der Waals surface area contributed by atoms with E-state index in [4.69, 9.17) is 10.5 Å². The van der Waals surface area contributed by atoms with E-state index in [-0.39, 0.29) is 0 Å². The second-order valence-corrected chi connectivity index (χ2v) is 5.41. The van der Waals surface area contributed by atoms with Crippen molar-refractivity contribution in [2.75, 3.05) is 18.9 Å². The van der Waals surface area contributed by atoms with Gasteiger partial charge in [-0.3, -0.25) is 0 Å². The molecule has 4 heteroatoms. The highest BCUT2D eigenvalue weighted by Crippen LogP contribution is 2.19. The molecule has 2 N–H and O–H groups in total. The summed E-state index contributed by atoms with van der Waals surface area (Å²) in [6.45, 7) is 8.72. The molecule has 4 nitrogen and oxygen atoms in total. The fourth-order valence-corrected chi connectivity index (χ4v) is 2.06. The third-order valence-electron chi connectivity index (χ3n) is 3.23. The average molecular weight is 261 g/mol. The first-order valence-electron chi connectivity index (χ1n) is 6.88. The molecule has 2 aromatic rings. The van der Waals surface area contributed by atoms with Crippen molar-refractivity contribution in [1.29, 1.82) is 0 Å². The van der Waals surface area contributed by atoms with Crippen LogP contribution in [0, 0.1) is 12.8 Å². The largest absolute Gasteiger partial charge is 0.380 e. The number of hydrogen-bond donors (Lipinski definition) is 1. The number of rotatable bonds is 6. The van der Waals surface area contributed by atoms with Gasteiger partial charge in [0, 0.05) is 13.2 Å². The number of aromatic nitrogens is 2. The molecule has 0 atom stereocenters. The van der Waals surface area contributed by atoms with Crippen LogP contribution in [0.4, 0.5) is 5.95 Å². The number of nitrogens with zero attached hydrogens (tertiary/aromatic N) is 2. The Morgan fingerprint density at radius 2 is 2.11 bits per heavy atom. The van der Waals surface area contributed by atoms with Crippen molar-refractivity contribution in [2.24, 2.45) is 5.92 Å². The van der Waals surface area contributed by atoms with E-state index in [2.05, 4.69) is 37.9 Å². The third-order valence-corrected chi connectivity index (χ3v) is 3.23. The first kappa shape index (κ1) is 13.9. The van der Waals surface area contributed by atoms with Crippen LogP contribution in [0.5, 0.6) is 0 Å². The van der Waals surface area contributed by atoms with Gasteiger partial charge < -0.3 is 15.0 Å². The molecule has 0 unspecified atom stereocenters. The number of hydrogen-bond acceptors (Lipinski definition) is 3. The number of nitrogens with two attached hydrogens (primary N) is 1. The third kappa shape index (κ3) is 3.47. The summed E-state index contributed by atoms with van der Waals surface area (Å²) in [7, 11) is 0. The molecule has 1 heterocycles. The van der Waals surface area contributed by atoms with Crippen LogP contribution < -0.4 is 5.73 Å². The Bertz CT molecular complexity index is 546. The van der Waals surface area contributed by atoms with E-state index in [0.717, 1.165) is 30.6 Å². The molecule has 1 aromatic heterocycles. The molecule has 0 saturated carbocycles. The van der Waals surface area contributed by atoms with Crippen LogP contribution in [-0.2, 0) is 11.3 Å². The van der Waals surface area contributed by atoms with Gasteiger partial charge in [0.15, 0.2) is 0 Å². The number of fused-ring (bicyclic) bond motifs is 1. The molecule has 0 aliphatic rings. The Hall–Kier alpha value is -1.55. The van der Waals surface area contributed by atoms with Crippen molar-refractivity contribution >= 4 is 17.0 Å². The van der Waals surface area contributed by atoms with E-state index in [1.54, 1.807) is 0 Å². The number of aryl methyl sites for hydroxylation is 1. The standard InChI is InChI=1S/C15H23N3O/c1-11(2)6-8-19-9-7-18-14-10-12(3)4-5-13(14)17-15(18)16/h4-5,10-11H,6-9H2,1-3H3,(H2,16,17). The SMILES string of the molecule is Cc1ccc2nc(N)n(CCOCCC(C)C)c2c1. The highest BCUT2D eigenvalue weighted by atomic mass is 16.5. The lowest BCUT2D eigenvalue weighted by Crippen LogP contribution is -2.10. The maximum absolute atomic E-state index is 5.96. The predicted octanol–water partition coefficient (Wildman–Crippen LogP) is 2.99. The number of benzene rings is 1. The summed E-state index contributed by atoms with van der Waals surface area (Å²) in [5.74, 6) is 1.25. The van der Waals surface area contributed by atoms with Crippen molar-refractivity contribution in [3.05, 3.63) is 23.8 Å². The summed E-state index contributed by atoms with van der Waals surface area (Å²) in [6.07, 6.45) is 1.10. The molecule has 0 aliphatic heterocycles. The summed E-state index contributed by atoms with van der Waals surface area (Å²) in [4.78, 5) is 4.37. The van der Waals surface area contributed by atoms with Crippen LogP contribution in [-0.4, -0.2) is 22.8 Å². The van der Waals surface area contributed by atoms with Crippen LogP contribution in [0.3, 0.4) is 0 Å². The van der Waals surface area contributed by atoms with Crippen LogP contribution in [0.1, 0.15) is 25.8 Å². The first-order valence-corrected chi connectivity index (χ1v) is 6.88. The quantitative estimate of drug-likeness (QED) is 0.813. The van der Waals surface area contributed by atoms with Gasteiger partial charge in [0.1, 0.15) is 0 Å². The smallest absolute Gasteiger partial charge is 0.201 e. The zero-order chi connectivity index (χ0) is 13.8. The molecule has 0 spiro atoms. The van der Waals surface area contributed by atoms with E-state index in [0.29, 0.717) is 18.5 Å². The van der Waals surface area contributed by atoms with E-state index < -0.39 is 0 Å². The highest BCUT2D eigenvalue weighted by molar-refractivity contribution is 5.79. The highest BCUT2D eigenvalue weighted by Gasteiger charge is 2.07. The molecular weight excluding hydrogens is 238 g/mol. The van der Waals surface area contributed by atoms with Crippen molar-refractivity contribution in [1.82, 2.24) is 9.55 Å². The average Bonchev–Trinajstić information content (AvgIpc) is 2.65. The van der Waals surface area contributed by atoms with Gasteiger partial charge in [-0.05, 0) is 37.0 Å². The van der Waals surface area contributed by atoms with Gasteiger partial charge in [-0.2, -0.15) is 0 Å². The summed E-state index contributed by atoms with van der Waals surface area (Å²) >= 11 is 0. The Morgan fingerprint density at radius 1 is 1.32 bits per heavy atom. The molecule has 104 valence electrons. The molecular formula is C15H23N3O. The van der Waals surface area contributed by atoms with Gasteiger partial charge in [-0.25, -0.2) is 4.98 Å². The molecule has 2 rings (SSSR count). The van der Waals surface area contributed by atoms with E-state index in [1.165, 1.54) is 5.56 Å². The van der Waals surface area contributed by atoms with Gasteiger partial charge in [0.05, 0.1) is 17.6 Å². The van der Waals surface area contributed by atoms with Crippen LogP contribution in [0.2, 0.25) is 0 Å². The minimum absolute atomic E-state index is 0.563. The maximum atomic E-state index is 5.96. The van der Waals surface area contributed by atoms with Crippen molar-refractivity contribution < 1.29 is 4.74 Å². The van der Waals surface area contributed by atoms with Gasteiger partial charge in [-0.1, -0.05) is 19.9 Å². The molecule has 0 radical (unpaired) electrons. The normalized spacial score (nSPS) is 11.6. The fourth-order valence-electron chi connectivity index (χ4n) is 2.06. The predicted molar refractivity (Wildman–Crippen MR) is 79.2 cm³/mol. The molecule has 19 heavy (non-hydrogen) atoms. The monoisotopic (exact) mass is 261 g/mol. The van der Waals surface area contributed by atoms with Gasteiger partial charge >= 0.3 is 0 Å². The Balaban J connectivity index is 2.00. The van der Waals surface area contributed by atoms with Gasteiger partial charge in [0.25, 0.3) is 0 Å². The fraction of sp³-hybridized carbons (Fsp3) is 0.533.